The van der Waals surface area contributed by atoms with Gasteiger partial charge >= 0.3 is 6.36 Å². The van der Waals surface area contributed by atoms with E-state index in [1.807, 2.05) is 0 Å². The van der Waals surface area contributed by atoms with Crippen LogP contribution in [-0.4, -0.2) is 25.4 Å². The van der Waals surface area contributed by atoms with Gasteiger partial charge in [-0.25, -0.2) is 0 Å². The van der Waals surface area contributed by atoms with Crippen LogP contribution in [0.2, 0.25) is 0 Å². The summed E-state index contributed by atoms with van der Waals surface area (Å²) in [5.74, 6) is 0.117. The molecular weight excluding hydrogens is 345 g/mol. The summed E-state index contributed by atoms with van der Waals surface area (Å²) in [5.41, 5.74) is 0.306. The molecular formula is C16H22ClF3N2O2. The lowest BCUT2D eigenvalue weighted by atomic mass is 9.93. The average Bonchev–Trinajstić information content (AvgIpc) is 2.51. The Balaban J connectivity index is 0.00000288. The quantitative estimate of drug-likeness (QED) is 0.811. The molecule has 1 amide bonds. The fourth-order valence-corrected chi connectivity index (χ4v) is 2.66. The van der Waals surface area contributed by atoms with Gasteiger partial charge in [0.1, 0.15) is 5.75 Å². The molecule has 1 aromatic rings. The van der Waals surface area contributed by atoms with E-state index < -0.39 is 6.36 Å². The topological polar surface area (TPSA) is 50.4 Å². The molecule has 0 bridgehead atoms. The molecule has 1 aromatic carbocycles. The first kappa shape index (κ1) is 20.6. The van der Waals surface area contributed by atoms with Gasteiger partial charge < -0.3 is 15.4 Å². The number of rotatable bonds is 6. The minimum atomic E-state index is -4.74. The molecule has 0 aromatic heterocycles. The third-order valence-corrected chi connectivity index (χ3v) is 3.91. The van der Waals surface area contributed by atoms with E-state index in [4.69, 9.17) is 0 Å². The van der Waals surface area contributed by atoms with Gasteiger partial charge in [0.25, 0.3) is 0 Å². The molecule has 0 radical (unpaired) electrons. The van der Waals surface area contributed by atoms with Crippen molar-refractivity contribution in [3.8, 4) is 5.75 Å². The van der Waals surface area contributed by atoms with Gasteiger partial charge in [-0.05, 0) is 44.3 Å². The first-order chi connectivity index (χ1) is 10.9. The van der Waals surface area contributed by atoms with Crippen LogP contribution in [0.5, 0.6) is 5.75 Å². The second-order valence-corrected chi connectivity index (χ2v) is 5.66. The standard InChI is InChI=1S/C16H21F3N2O2.ClH/c17-16(18,19)23-14-4-2-1-3-13(14)11-21-15(22)6-5-12-7-9-20-10-8-12;/h1-4,12,20H,5-11H2,(H,21,22);1H. The predicted molar refractivity (Wildman–Crippen MR) is 87.0 cm³/mol. The Hall–Kier alpha value is -1.47. The summed E-state index contributed by atoms with van der Waals surface area (Å²) in [6.45, 7) is 1.99. The number of amides is 1. The zero-order chi connectivity index (χ0) is 16.7. The largest absolute Gasteiger partial charge is 0.573 e. The summed E-state index contributed by atoms with van der Waals surface area (Å²) >= 11 is 0. The second kappa shape index (κ2) is 9.74. The Labute approximate surface area is 145 Å². The number of carbonyl (C=O) groups is 1. The van der Waals surface area contributed by atoms with Crippen LogP contribution in [0.15, 0.2) is 24.3 Å². The molecule has 0 unspecified atom stereocenters. The normalized spacial score (nSPS) is 15.5. The van der Waals surface area contributed by atoms with Gasteiger partial charge in [0, 0.05) is 18.5 Å². The first-order valence-corrected chi connectivity index (χ1v) is 7.75. The Morgan fingerprint density at radius 2 is 1.92 bits per heavy atom. The van der Waals surface area contributed by atoms with Gasteiger partial charge in [0.2, 0.25) is 5.91 Å². The van der Waals surface area contributed by atoms with Crippen LogP contribution in [0.3, 0.4) is 0 Å². The molecule has 1 saturated heterocycles. The molecule has 1 fully saturated rings. The summed E-state index contributed by atoms with van der Waals surface area (Å²) in [6, 6.07) is 5.82. The van der Waals surface area contributed by atoms with Crippen molar-refractivity contribution in [2.24, 2.45) is 5.92 Å². The smallest absolute Gasteiger partial charge is 0.405 e. The summed E-state index contributed by atoms with van der Waals surface area (Å²) < 4.78 is 41.0. The highest BCUT2D eigenvalue weighted by atomic mass is 35.5. The van der Waals surface area contributed by atoms with E-state index in [1.54, 1.807) is 6.07 Å². The fraction of sp³-hybridized carbons (Fsp3) is 0.562. The average molecular weight is 367 g/mol. The molecule has 0 aliphatic carbocycles. The maximum Gasteiger partial charge on any atom is 0.573 e. The number of para-hydroxylation sites is 1. The lowest BCUT2D eigenvalue weighted by Gasteiger charge is -2.22. The Morgan fingerprint density at radius 3 is 2.58 bits per heavy atom. The van der Waals surface area contributed by atoms with E-state index in [0.29, 0.717) is 17.9 Å². The SMILES string of the molecule is Cl.O=C(CCC1CCNCC1)NCc1ccccc1OC(F)(F)F. The number of nitrogens with one attached hydrogen (secondary N) is 2. The number of carbonyl (C=O) groups excluding carboxylic acids is 1. The minimum Gasteiger partial charge on any atom is -0.405 e. The number of alkyl halides is 3. The van der Waals surface area contributed by atoms with Crippen LogP contribution in [-0.2, 0) is 11.3 Å². The molecule has 0 spiro atoms. The highest BCUT2D eigenvalue weighted by molar-refractivity contribution is 5.85. The van der Waals surface area contributed by atoms with E-state index >= 15 is 0 Å². The van der Waals surface area contributed by atoms with Crippen LogP contribution in [0.25, 0.3) is 0 Å². The Morgan fingerprint density at radius 1 is 1.25 bits per heavy atom. The molecule has 8 heteroatoms. The van der Waals surface area contributed by atoms with E-state index in [1.165, 1.54) is 18.2 Å². The molecule has 24 heavy (non-hydrogen) atoms. The Kier molecular flexibility index (Phi) is 8.35. The third kappa shape index (κ3) is 7.40. The molecule has 1 heterocycles. The van der Waals surface area contributed by atoms with Crippen molar-refractivity contribution in [2.75, 3.05) is 13.1 Å². The predicted octanol–water partition coefficient (Wildman–Crippen LogP) is 3.40. The second-order valence-electron chi connectivity index (χ2n) is 5.66. The summed E-state index contributed by atoms with van der Waals surface area (Å²) in [6.07, 6.45) is -1.40. The van der Waals surface area contributed by atoms with E-state index in [9.17, 15) is 18.0 Å². The van der Waals surface area contributed by atoms with Crippen molar-refractivity contribution < 1.29 is 22.7 Å². The van der Waals surface area contributed by atoms with Crippen LogP contribution >= 0.6 is 12.4 Å². The number of piperidine rings is 1. The molecule has 136 valence electrons. The maximum absolute atomic E-state index is 12.3. The zero-order valence-corrected chi connectivity index (χ0v) is 14.0. The minimum absolute atomic E-state index is 0. The summed E-state index contributed by atoms with van der Waals surface area (Å²) in [4.78, 5) is 11.9. The molecule has 2 N–H and O–H groups in total. The molecule has 4 nitrogen and oxygen atoms in total. The van der Waals surface area contributed by atoms with Crippen LogP contribution < -0.4 is 15.4 Å². The van der Waals surface area contributed by atoms with Gasteiger partial charge in [-0.1, -0.05) is 18.2 Å². The number of hydrogen-bond acceptors (Lipinski definition) is 3. The van der Waals surface area contributed by atoms with Crippen molar-refractivity contribution in [3.63, 3.8) is 0 Å². The van der Waals surface area contributed by atoms with Gasteiger partial charge in [-0.15, -0.1) is 25.6 Å². The van der Waals surface area contributed by atoms with Crippen molar-refractivity contribution in [2.45, 2.75) is 38.6 Å². The molecule has 1 aliphatic heterocycles. The number of halogens is 4. The third-order valence-electron chi connectivity index (χ3n) is 3.91. The zero-order valence-electron chi connectivity index (χ0n) is 13.2. The summed E-state index contributed by atoms with van der Waals surface area (Å²) in [5, 5.41) is 5.93. The van der Waals surface area contributed by atoms with Gasteiger partial charge in [-0.3, -0.25) is 4.79 Å². The lowest BCUT2D eigenvalue weighted by molar-refractivity contribution is -0.274. The summed E-state index contributed by atoms with van der Waals surface area (Å²) in [7, 11) is 0. The maximum atomic E-state index is 12.3. The Bertz CT molecular complexity index is 520. The van der Waals surface area contributed by atoms with Crippen molar-refractivity contribution in [1.82, 2.24) is 10.6 Å². The number of hydrogen-bond donors (Lipinski definition) is 2. The van der Waals surface area contributed by atoms with Crippen molar-refractivity contribution in [3.05, 3.63) is 29.8 Å². The van der Waals surface area contributed by atoms with Gasteiger partial charge in [0.05, 0.1) is 0 Å². The number of ether oxygens (including phenoxy) is 1. The lowest BCUT2D eigenvalue weighted by Crippen LogP contribution is -2.29. The van der Waals surface area contributed by atoms with Crippen LogP contribution in [0.4, 0.5) is 13.2 Å². The van der Waals surface area contributed by atoms with E-state index in [-0.39, 0.29) is 30.6 Å². The van der Waals surface area contributed by atoms with Gasteiger partial charge in [0.15, 0.2) is 0 Å². The number of benzene rings is 1. The van der Waals surface area contributed by atoms with Crippen LogP contribution in [0, 0.1) is 5.92 Å². The van der Waals surface area contributed by atoms with Crippen LogP contribution in [0.1, 0.15) is 31.2 Å². The van der Waals surface area contributed by atoms with Gasteiger partial charge in [-0.2, -0.15) is 0 Å². The first-order valence-electron chi connectivity index (χ1n) is 7.75. The van der Waals surface area contributed by atoms with E-state index in [0.717, 1.165) is 32.4 Å². The monoisotopic (exact) mass is 366 g/mol. The highest BCUT2D eigenvalue weighted by Crippen LogP contribution is 2.26. The fourth-order valence-electron chi connectivity index (χ4n) is 2.66. The molecule has 0 atom stereocenters. The molecule has 1 aliphatic rings. The van der Waals surface area contributed by atoms with Crippen molar-refractivity contribution >= 4 is 18.3 Å². The highest BCUT2D eigenvalue weighted by Gasteiger charge is 2.31. The molecule has 0 saturated carbocycles. The van der Waals surface area contributed by atoms with Crippen molar-refractivity contribution in [1.29, 1.82) is 0 Å². The van der Waals surface area contributed by atoms with E-state index in [2.05, 4.69) is 15.4 Å². The molecule has 2 rings (SSSR count).